The van der Waals surface area contributed by atoms with Crippen molar-refractivity contribution in [1.29, 1.82) is 0 Å². The summed E-state index contributed by atoms with van der Waals surface area (Å²) < 4.78 is 17.0. The minimum Gasteiger partial charge on any atom is -0.462 e. The van der Waals surface area contributed by atoms with Crippen LogP contribution in [0.4, 0.5) is 0 Å². The van der Waals surface area contributed by atoms with Crippen LogP contribution in [0.1, 0.15) is 425 Å². The molecule has 1 atom stereocenters. The quantitative estimate of drug-likeness (QED) is 0.0261. The highest BCUT2D eigenvalue weighted by atomic mass is 16.6. The predicted molar refractivity (Wildman–Crippen MR) is 358 cm³/mol. The Balaban J connectivity index is 4.16. The summed E-state index contributed by atoms with van der Waals surface area (Å²) in [4.78, 5) is 38.5. The van der Waals surface area contributed by atoms with Gasteiger partial charge in [-0.1, -0.05) is 360 Å². The third kappa shape index (κ3) is 68.7. The Kier molecular flexibility index (Phi) is 69.5. The summed E-state index contributed by atoms with van der Waals surface area (Å²) >= 11 is 0. The largest absolute Gasteiger partial charge is 0.462 e. The number of unbranched alkanes of at least 4 members (excludes halogenated alkanes) is 55. The second-order valence-corrected chi connectivity index (χ2v) is 25.6. The lowest BCUT2D eigenvalue weighted by Gasteiger charge is -2.18. The van der Waals surface area contributed by atoms with Crippen molar-refractivity contribution < 1.29 is 28.6 Å². The van der Waals surface area contributed by atoms with Crippen molar-refractivity contribution in [1.82, 2.24) is 0 Å². The van der Waals surface area contributed by atoms with Gasteiger partial charge in [-0.25, -0.2) is 0 Å². The van der Waals surface area contributed by atoms with Crippen molar-refractivity contribution in [3.63, 3.8) is 0 Å². The van der Waals surface area contributed by atoms with Crippen LogP contribution >= 0.6 is 0 Å². The lowest BCUT2D eigenvalue weighted by atomic mass is 10.0. The van der Waals surface area contributed by atoms with Crippen LogP contribution in [0.25, 0.3) is 0 Å². The maximum Gasteiger partial charge on any atom is 0.306 e. The molecule has 82 heavy (non-hydrogen) atoms. The average molecular weight is 1150 g/mol. The van der Waals surface area contributed by atoms with E-state index in [-0.39, 0.29) is 31.1 Å². The molecule has 0 saturated heterocycles. The molecule has 0 fully saturated rings. The van der Waals surface area contributed by atoms with E-state index in [0.29, 0.717) is 19.3 Å². The molecule has 0 aromatic rings. The highest BCUT2D eigenvalue weighted by Gasteiger charge is 2.20. The van der Waals surface area contributed by atoms with Crippen molar-refractivity contribution in [3.8, 4) is 0 Å². The average Bonchev–Trinajstić information content (AvgIpc) is 3.47. The highest BCUT2D eigenvalue weighted by molar-refractivity contribution is 5.71. The third-order valence-corrected chi connectivity index (χ3v) is 17.2. The van der Waals surface area contributed by atoms with Gasteiger partial charge in [-0.15, -0.1) is 0 Å². The van der Waals surface area contributed by atoms with Crippen molar-refractivity contribution in [3.05, 3.63) is 24.3 Å². The molecule has 484 valence electrons. The molecule has 0 aliphatic carbocycles. The van der Waals surface area contributed by atoms with Gasteiger partial charge in [-0.2, -0.15) is 0 Å². The first-order valence-electron chi connectivity index (χ1n) is 37.3. The van der Waals surface area contributed by atoms with E-state index >= 15 is 0 Å². The van der Waals surface area contributed by atoms with E-state index in [1.54, 1.807) is 0 Å². The molecule has 0 rings (SSSR count). The van der Waals surface area contributed by atoms with Crippen LogP contribution in [0.5, 0.6) is 0 Å². The maximum absolute atomic E-state index is 12.9. The minimum absolute atomic E-state index is 0.0703. The molecule has 6 heteroatoms. The zero-order valence-electron chi connectivity index (χ0n) is 55.8. The van der Waals surface area contributed by atoms with Gasteiger partial charge in [0.2, 0.25) is 0 Å². The summed E-state index contributed by atoms with van der Waals surface area (Å²) in [5.74, 6) is -0.852. The van der Waals surface area contributed by atoms with E-state index in [4.69, 9.17) is 14.2 Å². The zero-order chi connectivity index (χ0) is 59.2. The van der Waals surface area contributed by atoms with E-state index in [0.717, 1.165) is 64.2 Å². The first kappa shape index (κ1) is 79.9. The number of carbonyl (C=O) groups excluding carboxylic acids is 3. The number of hydrogen-bond donors (Lipinski definition) is 0. The SMILES string of the molecule is CCCCCCCC/C=C\CCCCCCCC(=O)OCC(COC(=O)CCCCCCCCCCCCCCCCCCCCCCCCCCCCCCCCC)OC(=O)CCCCCCCCC/C=C\CCCCCCCCC. The predicted octanol–water partition coefficient (Wildman–Crippen LogP) is 25.7. The molecule has 0 aliphatic heterocycles. The lowest BCUT2D eigenvalue weighted by molar-refractivity contribution is -0.167. The monoisotopic (exact) mass is 1150 g/mol. The maximum atomic E-state index is 12.9. The van der Waals surface area contributed by atoms with Gasteiger partial charge in [0.25, 0.3) is 0 Å². The van der Waals surface area contributed by atoms with Crippen molar-refractivity contribution in [2.24, 2.45) is 0 Å². The summed E-state index contributed by atoms with van der Waals surface area (Å²) in [6.45, 7) is 6.71. The van der Waals surface area contributed by atoms with Crippen LogP contribution in [0.15, 0.2) is 24.3 Å². The molecular weight excluding hydrogens is 1010 g/mol. The number of rotatable bonds is 70. The first-order chi connectivity index (χ1) is 40.5. The van der Waals surface area contributed by atoms with Crippen LogP contribution < -0.4 is 0 Å². The number of carbonyl (C=O) groups is 3. The Morgan fingerprint density at radius 1 is 0.232 bits per heavy atom. The molecule has 0 bridgehead atoms. The Bertz CT molecular complexity index is 1320. The van der Waals surface area contributed by atoms with Crippen LogP contribution in [0.2, 0.25) is 0 Å². The Morgan fingerprint density at radius 3 is 0.610 bits per heavy atom. The van der Waals surface area contributed by atoms with E-state index in [1.165, 1.54) is 321 Å². The topological polar surface area (TPSA) is 78.9 Å². The van der Waals surface area contributed by atoms with E-state index in [9.17, 15) is 14.4 Å². The number of esters is 3. The molecule has 0 aliphatic rings. The normalized spacial score (nSPS) is 12.1. The highest BCUT2D eigenvalue weighted by Crippen LogP contribution is 2.19. The fraction of sp³-hybridized carbons (Fsp3) is 0.908. The van der Waals surface area contributed by atoms with Gasteiger partial charge < -0.3 is 14.2 Å². The van der Waals surface area contributed by atoms with Crippen LogP contribution in [0, 0.1) is 0 Å². The lowest BCUT2D eigenvalue weighted by Crippen LogP contribution is -2.30. The molecule has 0 aromatic carbocycles. The Morgan fingerprint density at radius 2 is 0.402 bits per heavy atom. The van der Waals surface area contributed by atoms with Gasteiger partial charge in [0.15, 0.2) is 6.10 Å². The van der Waals surface area contributed by atoms with E-state index in [1.807, 2.05) is 0 Å². The van der Waals surface area contributed by atoms with Crippen LogP contribution in [-0.2, 0) is 28.6 Å². The molecule has 0 heterocycles. The molecule has 6 nitrogen and oxygen atoms in total. The molecule has 0 spiro atoms. The summed E-state index contributed by atoms with van der Waals surface area (Å²) in [6, 6.07) is 0. The van der Waals surface area contributed by atoms with Gasteiger partial charge in [0.1, 0.15) is 13.2 Å². The minimum atomic E-state index is -0.776. The van der Waals surface area contributed by atoms with E-state index < -0.39 is 6.10 Å². The van der Waals surface area contributed by atoms with Gasteiger partial charge in [-0.3, -0.25) is 14.4 Å². The molecular formula is C76H144O6. The van der Waals surface area contributed by atoms with Crippen LogP contribution in [-0.4, -0.2) is 37.2 Å². The summed E-state index contributed by atoms with van der Waals surface area (Å²) in [7, 11) is 0. The summed E-state index contributed by atoms with van der Waals surface area (Å²) in [5.41, 5.74) is 0. The number of hydrogen-bond acceptors (Lipinski definition) is 6. The number of ether oxygens (including phenoxy) is 3. The van der Waals surface area contributed by atoms with Crippen molar-refractivity contribution >= 4 is 17.9 Å². The third-order valence-electron chi connectivity index (χ3n) is 17.2. The molecule has 0 N–H and O–H groups in total. The standard InChI is InChI=1S/C76H144O6/c1-4-7-10-13-16-19-22-25-28-30-32-33-34-35-36-37-38-39-40-41-42-43-44-46-48-51-54-57-60-63-66-69-75(78)81-72-73(71-80-74(77)68-65-62-59-56-53-50-47-27-24-21-18-15-12-9-6-3)82-76(79)70-67-64-61-58-55-52-49-45-31-29-26-23-20-17-14-11-8-5-2/h27,29,31,47,73H,4-26,28,30,32-46,48-72H2,1-3H3/b31-29-,47-27-. The molecule has 0 radical (unpaired) electrons. The van der Waals surface area contributed by atoms with Crippen LogP contribution in [0.3, 0.4) is 0 Å². The fourth-order valence-electron chi connectivity index (χ4n) is 11.6. The smallest absolute Gasteiger partial charge is 0.306 e. The van der Waals surface area contributed by atoms with Gasteiger partial charge in [0, 0.05) is 19.3 Å². The van der Waals surface area contributed by atoms with Gasteiger partial charge in [-0.05, 0) is 70.6 Å². The Labute approximate surface area is 513 Å². The second kappa shape index (κ2) is 71.4. The second-order valence-electron chi connectivity index (χ2n) is 25.6. The van der Waals surface area contributed by atoms with Gasteiger partial charge in [0.05, 0.1) is 0 Å². The van der Waals surface area contributed by atoms with Gasteiger partial charge >= 0.3 is 17.9 Å². The molecule has 1 unspecified atom stereocenters. The van der Waals surface area contributed by atoms with Crippen molar-refractivity contribution in [2.45, 2.75) is 431 Å². The zero-order valence-corrected chi connectivity index (χ0v) is 55.8. The number of allylic oxidation sites excluding steroid dienone is 4. The first-order valence-corrected chi connectivity index (χ1v) is 37.3. The summed E-state index contributed by atoms with van der Waals surface area (Å²) in [5, 5.41) is 0. The Hall–Kier alpha value is -2.11. The summed E-state index contributed by atoms with van der Waals surface area (Å²) in [6.07, 6.45) is 88.0. The fourth-order valence-corrected chi connectivity index (χ4v) is 11.6. The molecule has 0 saturated carbocycles. The van der Waals surface area contributed by atoms with E-state index in [2.05, 4.69) is 45.1 Å². The van der Waals surface area contributed by atoms with Crippen molar-refractivity contribution in [2.75, 3.05) is 13.2 Å². The molecule has 0 amide bonds. The molecule has 0 aromatic heterocycles.